The van der Waals surface area contributed by atoms with E-state index in [-0.39, 0.29) is 10.6 Å². The molecule has 1 saturated carbocycles. The molecule has 2 aromatic rings. The normalized spacial score (nSPS) is 20.2. The largest absolute Gasteiger partial charge is 0.303 e. The fraction of sp³-hybridized carbons (Fsp3) is 0.455. The van der Waals surface area contributed by atoms with E-state index in [1.165, 1.54) is 43.2 Å². The number of nitro groups is 1. The van der Waals surface area contributed by atoms with E-state index in [0.29, 0.717) is 12.0 Å². The topological polar surface area (TPSA) is 46.4 Å². The van der Waals surface area contributed by atoms with Crippen molar-refractivity contribution in [1.29, 1.82) is 0 Å². The minimum atomic E-state index is -0.328. The van der Waals surface area contributed by atoms with Crippen LogP contribution in [0.4, 0.5) is 5.69 Å². The van der Waals surface area contributed by atoms with Gasteiger partial charge in [0.05, 0.1) is 4.92 Å². The predicted octanol–water partition coefficient (Wildman–Crippen LogP) is 5.19. The lowest BCUT2D eigenvalue weighted by Gasteiger charge is -2.35. The lowest BCUT2D eigenvalue weighted by atomic mass is 9.81. The number of nitrogens with zero attached hydrogens (tertiary/aromatic N) is 2. The van der Waals surface area contributed by atoms with Gasteiger partial charge in [0.15, 0.2) is 0 Å². The smallest absolute Gasteiger partial charge is 0.269 e. The summed E-state index contributed by atoms with van der Waals surface area (Å²) in [5, 5.41) is 10.8. The van der Waals surface area contributed by atoms with E-state index in [2.05, 4.69) is 42.3 Å². The van der Waals surface area contributed by atoms with Crippen molar-refractivity contribution in [3.8, 4) is 0 Å². The summed E-state index contributed by atoms with van der Waals surface area (Å²) in [5.41, 5.74) is 2.85. The Morgan fingerprint density at radius 1 is 1.00 bits per heavy atom. The summed E-state index contributed by atoms with van der Waals surface area (Å²) in [5.74, 6) is 0.546. The zero-order valence-electron chi connectivity index (χ0n) is 15.5. The Hall–Kier alpha value is -2.20. The molecule has 1 fully saturated rings. The van der Waals surface area contributed by atoms with Crippen molar-refractivity contribution in [1.82, 2.24) is 4.90 Å². The van der Waals surface area contributed by atoms with Gasteiger partial charge in [0, 0.05) is 18.2 Å². The molecule has 0 heterocycles. The molecule has 3 rings (SSSR count). The molecule has 0 radical (unpaired) electrons. The molecule has 0 spiro atoms. The first-order valence-electron chi connectivity index (χ1n) is 9.62. The van der Waals surface area contributed by atoms with Gasteiger partial charge >= 0.3 is 0 Å². The van der Waals surface area contributed by atoms with Crippen LogP contribution < -0.4 is 0 Å². The second-order valence-corrected chi connectivity index (χ2v) is 7.42. The Kier molecular flexibility index (Phi) is 6.40. The van der Waals surface area contributed by atoms with Crippen LogP contribution in [0.3, 0.4) is 0 Å². The second-order valence-electron chi connectivity index (χ2n) is 7.42. The first kappa shape index (κ1) is 18.6. The van der Waals surface area contributed by atoms with Crippen molar-refractivity contribution in [2.45, 2.75) is 50.5 Å². The van der Waals surface area contributed by atoms with Crippen molar-refractivity contribution >= 4 is 5.69 Å². The lowest BCUT2D eigenvalue weighted by molar-refractivity contribution is -0.384. The molecule has 0 amide bonds. The number of benzene rings is 2. The van der Waals surface area contributed by atoms with Gasteiger partial charge < -0.3 is 4.90 Å². The molecule has 26 heavy (non-hydrogen) atoms. The predicted molar refractivity (Wildman–Crippen MR) is 105 cm³/mol. The number of hydrogen-bond donors (Lipinski definition) is 0. The molecule has 0 unspecified atom stereocenters. The van der Waals surface area contributed by atoms with E-state index in [0.717, 1.165) is 13.0 Å². The van der Waals surface area contributed by atoms with Crippen LogP contribution in [0.2, 0.25) is 0 Å². The van der Waals surface area contributed by atoms with Crippen LogP contribution in [0.15, 0.2) is 54.6 Å². The highest BCUT2D eigenvalue weighted by atomic mass is 16.6. The molecule has 138 valence electrons. The Balaban J connectivity index is 1.43. The van der Waals surface area contributed by atoms with Gasteiger partial charge in [0.25, 0.3) is 5.69 Å². The summed E-state index contributed by atoms with van der Waals surface area (Å²) in [6.07, 6.45) is 7.11. The maximum atomic E-state index is 10.8. The Bertz CT molecular complexity index is 692. The van der Waals surface area contributed by atoms with Crippen molar-refractivity contribution in [3.05, 3.63) is 75.8 Å². The Morgan fingerprint density at radius 2 is 1.65 bits per heavy atom. The van der Waals surface area contributed by atoms with Gasteiger partial charge in [-0.25, -0.2) is 0 Å². The second kappa shape index (κ2) is 8.95. The summed E-state index contributed by atoms with van der Waals surface area (Å²) >= 11 is 0. The molecule has 0 atom stereocenters. The van der Waals surface area contributed by atoms with Crippen LogP contribution in [0.25, 0.3) is 0 Å². The van der Waals surface area contributed by atoms with E-state index in [9.17, 15) is 10.1 Å². The van der Waals surface area contributed by atoms with E-state index in [1.54, 1.807) is 12.1 Å². The Morgan fingerprint density at radius 3 is 2.27 bits per heavy atom. The highest BCUT2D eigenvalue weighted by molar-refractivity contribution is 5.34. The molecule has 1 aliphatic carbocycles. The number of hydrogen-bond acceptors (Lipinski definition) is 3. The maximum Gasteiger partial charge on any atom is 0.269 e. The number of aryl methyl sites for hydroxylation is 1. The first-order valence-corrected chi connectivity index (χ1v) is 9.62. The summed E-state index contributed by atoms with van der Waals surface area (Å²) in [6, 6.07) is 18.5. The number of non-ortho nitro benzene ring substituents is 1. The standard InChI is InChI=1S/C22H28N2O2/c1-23(17-5-8-18-6-3-2-4-7-18)21-13-9-19(10-14-21)20-11-15-22(16-12-20)24(25)26/h2-4,6-7,11-12,15-16,19,21H,5,8-10,13-14,17H2,1H3/t19-,21-. The van der Waals surface area contributed by atoms with Gasteiger partial charge in [0.1, 0.15) is 0 Å². The molecule has 2 aromatic carbocycles. The quantitative estimate of drug-likeness (QED) is 0.509. The average Bonchev–Trinajstić information content (AvgIpc) is 2.69. The fourth-order valence-electron chi connectivity index (χ4n) is 4.08. The zero-order chi connectivity index (χ0) is 18.4. The zero-order valence-corrected chi connectivity index (χ0v) is 15.5. The molecule has 4 heteroatoms. The number of rotatable bonds is 7. The van der Waals surface area contributed by atoms with Crippen LogP contribution in [0, 0.1) is 10.1 Å². The number of nitro benzene ring substituents is 1. The molecule has 0 saturated heterocycles. The third-order valence-corrected chi connectivity index (χ3v) is 5.71. The highest BCUT2D eigenvalue weighted by Gasteiger charge is 2.25. The third-order valence-electron chi connectivity index (χ3n) is 5.71. The first-order chi connectivity index (χ1) is 12.6. The molecular formula is C22H28N2O2. The third kappa shape index (κ3) is 4.92. The van der Waals surface area contributed by atoms with Crippen LogP contribution in [0.1, 0.15) is 49.1 Å². The van der Waals surface area contributed by atoms with Crippen LogP contribution >= 0.6 is 0 Å². The van der Waals surface area contributed by atoms with Gasteiger partial charge in [-0.2, -0.15) is 0 Å². The van der Waals surface area contributed by atoms with Crippen molar-refractivity contribution in [2.24, 2.45) is 0 Å². The molecule has 0 N–H and O–H groups in total. The maximum absolute atomic E-state index is 10.8. The van der Waals surface area contributed by atoms with Crippen molar-refractivity contribution < 1.29 is 4.92 Å². The van der Waals surface area contributed by atoms with Crippen LogP contribution in [0.5, 0.6) is 0 Å². The van der Waals surface area contributed by atoms with Gasteiger partial charge in [-0.3, -0.25) is 10.1 Å². The van der Waals surface area contributed by atoms with E-state index >= 15 is 0 Å². The Labute approximate surface area is 156 Å². The monoisotopic (exact) mass is 352 g/mol. The van der Waals surface area contributed by atoms with Crippen LogP contribution in [-0.2, 0) is 6.42 Å². The minimum absolute atomic E-state index is 0.181. The molecule has 0 aliphatic heterocycles. The highest BCUT2D eigenvalue weighted by Crippen LogP contribution is 2.35. The fourth-order valence-corrected chi connectivity index (χ4v) is 4.08. The molecule has 0 aromatic heterocycles. The molecule has 0 bridgehead atoms. The van der Waals surface area contributed by atoms with Crippen molar-refractivity contribution in [2.75, 3.05) is 13.6 Å². The van der Waals surface area contributed by atoms with E-state index in [1.807, 2.05) is 12.1 Å². The summed E-state index contributed by atoms with van der Waals surface area (Å²) in [4.78, 5) is 13.0. The molecule has 4 nitrogen and oxygen atoms in total. The summed E-state index contributed by atoms with van der Waals surface area (Å²) < 4.78 is 0. The van der Waals surface area contributed by atoms with Crippen molar-refractivity contribution in [3.63, 3.8) is 0 Å². The average molecular weight is 352 g/mol. The lowest BCUT2D eigenvalue weighted by Crippen LogP contribution is -2.35. The summed E-state index contributed by atoms with van der Waals surface area (Å²) in [6.45, 7) is 1.14. The minimum Gasteiger partial charge on any atom is -0.303 e. The van der Waals surface area contributed by atoms with Crippen LogP contribution in [-0.4, -0.2) is 29.5 Å². The molecule has 1 aliphatic rings. The van der Waals surface area contributed by atoms with E-state index in [4.69, 9.17) is 0 Å². The summed E-state index contributed by atoms with van der Waals surface area (Å²) in [7, 11) is 2.25. The van der Waals surface area contributed by atoms with Gasteiger partial charge in [-0.15, -0.1) is 0 Å². The van der Waals surface area contributed by atoms with E-state index < -0.39 is 0 Å². The SMILES string of the molecule is CN(CCCc1ccccc1)[C@H]1CC[C@H](c2ccc([N+](=O)[O-])cc2)CC1. The molecular weight excluding hydrogens is 324 g/mol. The van der Waals surface area contributed by atoms with Gasteiger partial charge in [-0.1, -0.05) is 42.5 Å². The van der Waals surface area contributed by atoms with Gasteiger partial charge in [0.2, 0.25) is 0 Å². The van der Waals surface area contributed by atoms with Gasteiger partial charge in [-0.05, 0) is 69.2 Å².